The Labute approximate surface area is 842 Å². The summed E-state index contributed by atoms with van der Waals surface area (Å²) >= 11 is 0. The first-order valence-electron chi connectivity index (χ1n) is 75.8. The Kier molecular flexibility index (Phi) is 7.34. The molecular weight excluding hydrogens is 1540 g/mol. The van der Waals surface area contributed by atoms with Gasteiger partial charge in [-0.2, -0.15) is 0 Å². The highest BCUT2D eigenvalue weighted by Crippen LogP contribution is 2.52. The molecule has 3 nitrogen and oxygen atoms in total. The molecule has 0 saturated heterocycles. The molecule has 0 aliphatic heterocycles. The quantitative estimate of drug-likeness (QED) is 0.128. The number of furan rings is 3. The summed E-state index contributed by atoms with van der Waals surface area (Å²) in [7, 11) is 0. The average molecular weight is 1690 g/mol. The summed E-state index contributed by atoms with van der Waals surface area (Å²) in [6.45, 7) is 0. The maximum absolute atomic E-state index is 9.66. The second kappa shape index (κ2) is 31.3. The minimum atomic E-state index is -1.12. The van der Waals surface area contributed by atoms with E-state index in [-0.39, 0.29) is 0 Å². The van der Waals surface area contributed by atoms with Crippen LogP contribution in [-0.2, 0) is 0 Å². The third-order valence-electron chi connectivity index (χ3n) is 20.3. The van der Waals surface area contributed by atoms with Gasteiger partial charge in [0.25, 0.3) is 0 Å². The van der Waals surface area contributed by atoms with Crippen molar-refractivity contribution in [3.63, 3.8) is 0 Å². The van der Waals surface area contributed by atoms with Crippen LogP contribution in [0.2, 0.25) is 0 Å². The van der Waals surface area contributed by atoms with Crippen molar-refractivity contribution in [3.8, 4) is 111 Å². The van der Waals surface area contributed by atoms with Gasteiger partial charge in [0.05, 0.1) is 106 Å². The Morgan fingerprint density at radius 3 is 0.693 bits per heavy atom. The summed E-state index contributed by atoms with van der Waals surface area (Å²) in [6, 6.07) is -68.5. The van der Waals surface area contributed by atoms with Crippen LogP contribution in [-0.4, -0.2) is 0 Å². The minimum Gasteiger partial charge on any atom is -0.456 e. The van der Waals surface area contributed by atoms with E-state index in [2.05, 4.69) is 0 Å². The lowest BCUT2D eigenvalue weighted by molar-refractivity contribution is 0.668. The van der Waals surface area contributed by atoms with Gasteiger partial charge in [-0.15, -0.1) is 0 Å². The van der Waals surface area contributed by atoms with Crippen molar-refractivity contribution in [3.05, 3.63) is 471 Å². The number of rotatable bonds is 10. The highest BCUT2D eigenvalue weighted by molar-refractivity contribution is 6.30. The van der Waals surface area contributed by atoms with Crippen LogP contribution in [0, 0.1) is 0 Å². The highest BCUT2D eigenvalue weighted by atomic mass is 16.3. The molecule has 26 rings (SSSR count). The van der Waals surface area contributed by atoms with Crippen molar-refractivity contribution in [2.45, 2.75) is 0 Å². The molecule has 0 unspecified atom stereocenters. The maximum atomic E-state index is 9.66. The van der Waals surface area contributed by atoms with Crippen molar-refractivity contribution in [2.24, 2.45) is 0 Å². The normalized spacial score (nSPS) is 20.1. The molecule has 0 N–H and O–H groups in total. The van der Waals surface area contributed by atoms with Gasteiger partial charge in [0, 0.05) is 32.3 Å². The molecule has 3 aromatic heterocycles. The molecule has 26 aromatic rings. The Bertz CT molecular complexity index is 13500. The van der Waals surface area contributed by atoms with Crippen LogP contribution in [0.1, 0.15) is 106 Å². The first-order valence-corrected chi connectivity index (χ1v) is 37.3. The van der Waals surface area contributed by atoms with E-state index in [0.29, 0.717) is 0 Å². The molecule has 127 heavy (non-hydrogen) atoms. The van der Waals surface area contributed by atoms with Gasteiger partial charge in [-0.25, -0.2) is 0 Å². The molecule has 0 saturated carbocycles. The van der Waals surface area contributed by atoms with E-state index in [1.165, 1.54) is 0 Å². The van der Waals surface area contributed by atoms with Crippen molar-refractivity contribution < 1.29 is 119 Å². The zero-order chi connectivity index (χ0) is 151. The number of para-hydroxylation sites is 3. The Morgan fingerprint density at radius 1 is 0.134 bits per heavy atom. The number of hydrogen-bond donors (Lipinski definition) is 0. The zero-order valence-corrected chi connectivity index (χ0v) is 63.3. The number of fused-ring (bicyclic) bond motifs is 16. The van der Waals surface area contributed by atoms with Crippen LogP contribution in [0.15, 0.2) is 485 Å². The van der Waals surface area contributed by atoms with Gasteiger partial charge in [0.1, 0.15) is 33.5 Å². The standard InChI is InChI=1S/C44H28O.C42H26O.C38H24O/c1-2-11-29(12-3-1)30-21-23-31(24-22-30)32-25-27-33(28-26-32)42-34-13-4-6-15-36(34)43(37-16-7-5-14-35(37)42)39-18-10-20-41-44(39)38-17-8-9-19-40(38)45-41;1-2-11-27(12-3-1)28-21-22-30-26-31(24-23-29(30)25-28)40-32-13-4-6-15-34(32)41(35-16-7-5-14-33(35)40)37-18-10-20-39-42(37)36-17-8-9-19-38(36)43-39;1-2-12-25(13-3-1)26-14-10-15-27(24-26)36-28-16-4-6-18-30(28)37(31-19-7-5-17-29(31)36)33-21-11-23-35-38(33)32-20-8-9-22-34(32)39-35/h1-28H;1-26H;1-24H/i1D,2D,3D,4D,5D,6D,7D,8D,9D,10D,11D,12D,13D,14D,15D,16D,17D,18D,19D,20D,21D,22D,23D,24D,25D,26D,27D,28D;1D,2D,3D,4D,5D,6D,7D,8D,9D,10D,11D,12D,13D,14D,15D,16D,17D,18D,19D,20D,21D,22D,23D,24D,25D,26D;1D,2D,3D,4D,5D,6D,7D,8D,9D,10D,11D,12D,13D,15D,16D,17D,18D,19D,20D,21D,22D,23D,24D. The van der Waals surface area contributed by atoms with Crippen LogP contribution in [0.25, 0.3) is 252 Å². The van der Waals surface area contributed by atoms with E-state index in [4.69, 9.17) is 84.5 Å². The van der Waals surface area contributed by atoms with Crippen molar-refractivity contribution in [2.75, 3.05) is 0 Å². The predicted octanol–water partition coefficient (Wildman–Crippen LogP) is 35.5. The Hall–Kier alpha value is -16.7. The van der Waals surface area contributed by atoms with Crippen LogP contribution >= 0.6 is 0 Å². The van der Waals surface area contributed by atoms with E-state index in [1.807, 2.05) is 0 Å². The molecule has 0 aliphatic rings. The number of hydrogen-bond acceptors (Lipinski definition) is 3. The molecule has 0 atom stereocenters. The molecule has 592 valence electrons. The zero-order valence-electron chi connectivity index (χ0n) is 140. The molecule has 0 fully saturated rings. The van der Waals surface area contributed by atoms with Gasteiger partial charge in [0.2, 0.25) is 0 Å². The molecule has 3 heterocycles. The van der Waals surface area contributed by atoms with Gasteiger partial charge in [-0.05, 0) is 241 Å². The molecule has 0 radical (unpaired) electrons. The third kappa shape index (κ3) is 12.9. The van der Waals surface area contributed by atoms with E-state index in [1.54, 1.807) is 0 Å². The van der Waals surface area contributed by atoms with Crippen LogP contribution in [0.3, 0.4) is 0 Å². The van der Waals surface area contributed by atoms with Crippen LogP contribution in [0.5, 0.6) is 0 Å². The van der Waals surface area contributed by atoms with Gasteiger partial charge in [-0.3, -0.25) is 0 Å². The summed E-state index contributed by atoms with van der Waals surface area (Å²) in [5.41, 5.74) is -17.4. The fraction of sp³-hybridized carbons (Fsp3) is 0. The first-order chi connectivity index (χ1) is 95.1. The van der Waals surface area contributed by atoms with Gasteiger partial charge < -0.3 is 13.3 Å². The topological polar surface area (TPSA) is 39.4 Å². The third-order valence-corrected chi connectivity index (χ3v) is 20.3. The maximum Gasteiger partial charge on any atom is 0.136 e. The van der Waals surface area contributed by atoms with Crippen LogP contribution < -0.4 is 0 Å². The fourth-order valence-corrected chi connectivity index (χ4v) is 15.0. The molecule has 23 aromatic carbocycles. The smallest absolute Gasteiger partial charge is 0.136 e. The lowest BCUT2D eigenvalue weighted by Crippen LogP contribution is -1.91. The summed E-state index contributed by atoms with van der Waals surface area (Å²) in [6.07, 6.45) is 0. The van der Waals surface area contributed by atoms with Gasteiger partial charge in [0.15, 0.2) is 0 Å². The van der Waals surface area contributed by atoms with E-state index < -0.39 is 718 Å². The summed E-state index contributed by atoms with van der Waals surface area (Å²) < 4.78 is 701. The first kappa shape index (κ1) is 29.8. The molecule has 0 amide bonds. The van der Waals surface area contributed by atoms with Gasteiger partial charge >= 0.3 is 0 Å². The average Bonchev–Trinajstić information content (AvgIpc) is 1.19. The monoisotopic (exact) mass is 1690 g/mol. The minimum absolute atomic E-state index is 0.429. The highest BCUT2D eigenvalue weighted by Gasteiger charge is 2.26. The molecular formula is C124H78O3. The fourth-order valence-electron chi connectivity index (χ4n) is 15.0. The Morgan fingerprint density at radius 2 is 0.354 bits per heavy atom. The van der Waals surface area contributed by atoms with Crippen molar-refractivity contribution in [1.29, 1.82) is 0 Å². The van der Waals surface area contributed by atoms with Crippen molar-refractivity contribution >= 4 is 141 Å². The lowest BCUT2D eigenvalue weighted by atomic mass is 9.84. The number of benzene rings is 23. The van der Waals surface area contributed by atoms with E-state index in [9.17, 15) is 34.3 Å². The SMILES string of the molecule is [2H]c1c([2H])c([2H])c(-c2c([2H])c([2H])c(-c3c([2H])c([2H])c(-c4c5c([2H])c([2H])c([2H])c([2H])c5c(-c5c([2H])c([2H])c([2H])c6oc7c([2H])c([2H])c([2H])c([2H])c7c56)c5c([2H])c([2H])c([2H])c([2H])c45)c([2H])c3[2H])c([2H])c2[2H])c([2H])c1[2H].[2H]c1c([2H])c([2H])c(-c2c([2H])c([2H])c3c([2H])c(-c4c5c([2H])c([2H])c([2H])c([2H])c5c(-c5c([2H])c([2H])c([2H])c6oc7c([2H])c([2H])c([2H])c([2H])c7c56)c5c([2H])c([2H])c([2H])c([2H])c45)c([2H])c([2H])c3c2[2H])c([2H])c1[2H].[2H]c1cc(-c2c([2H])c([2H])c([2H])c([2H])c2[2H])c([2H])c(-c2c3c([2H])c([2H])c([2H])c([2H])c3c(-c3c([2H])c([2H])c([2H])c4oc5c([2H])c([2H])c([2H])c([2H])c5c34)c3c([2H])c([2H])c([2H])c([2H])c23)c1[2H]. The van der Waals surface area contributed by atoms with Crippen LogP contribution in [0.4, 0.5) is 0 Å². The summed E-state index contributed by atoms with van der Waals surface area (Å²) in [5.74, 6) is 0. The molecule has 0 spiro atoms. The molecule has 0 bridgehead atoms. The molecule has 3 heteroatoms. The lowest BCUT2D eigenvalue weighted by Gasteiger charge is -2.18. The summed E-state index contributed by atoms with van der Waals surface area (Å²) in [4.78, 5) is 0. The van der Waals surface area contributed by atoms with E-state index >= 15 is 0 Å². The summed E-state index contributed by atoms with van der Waals surface area (Å²) in [5, 5.41) is -12.5. The second-order valence-electron chi connectivity index (χ2n) is 27.1. The van der Waals surface area contributed by atoms with E-state index in [0.717, 1.165) is 6.07 Å². The second-order valence-corrected chi connectivity index (χ2v) is 27.1. The van der Waals surface area contributed by atoms with Gasteiger partial charge in [-0.1, -0.05) is 417 Å². The largest absolute Gasteiger partial charge is 0.456 e. The van der Waals surface area contributed by atoms with Crippen molar-refractivity contribution in [1.82, 2.24) is 0 Å². The predicted molar refractivity (Wildman–Crippen MR) is 538 cm³/mol. The Balaban J connectivity index is 0.000000152. The molecule has 0 aliphatic carbocycles.